The number of allylic oxidation sites excluding steroid dienone is 1. The Balaban J connectivity index is 1.66. The summed E-state index contributed by atoms with van der Waals surface area (Å²) in [4.78, 5) is 29.6. The molecular weight excluding hydrogens is 1200 g/mol. The lowest BCUT2D eigenvalue weighted by atomic mass is 9.81. The SMILES string of the molecule is C=C1CC2CCC(=O)/C=C/C(O[Si](C)(C)C(C)(C)C)CC(O[Si](C)(C)C(C)(C)C)C(O[Si](C)(C)C(C)(C)C)[C@H]3OC(CC[C@@H]3OC)CC(=O)C[C@H]3[C@H](CC4O[C@@H](CCC1O2)C[C@@H](C)C4=C)OC(CC(CO[Si](C)(C)C(C)(C)C)O[Si](C)(C)C(C)(C)C)[C@@H]3OC. The fraction of sp³-hybridized carbons (Fsp3) is 0.887. The summed E-state index contributed by atoms with van der Waals surface area (Å²) < 4.78 is 79.3. The van der Waals surface area contributed by atoms with Gasteiger partial charge in [0.15, 0.2) is 47.4 Å². The fourth-order valence-electron chi connectivity index (χ4n) is 12.2. The molecular formula is C71H134O13Si5. The molecule has 0 aromatic rings. The van der Waals surface area contributed by atoms with Crippen LogP contribution in [0.5, 0.6) is 0 Å². The minimum Gasteiger partial charge on any atom is -0.414 e. The highest BCUT2D eigenvalue weighted by Crippen LogP contribution is 2.48. The molecule has 0 N–H and O–H groups in total. The van der Waals surface area contributed by atoms with Crippen molar-refractivity contribution in [1.82, 2.24) is 0 Å². The van der Waals surface area contributed by atoms with E-state index in [4.69, 9.17) is 50.6 Å². The van der Waals surface area contributed by atoms with Crippen LogP contribution in [0.25, 0.3) is 0 Å². The van der Waals surface area contributed by atoms with Crippen LogP contribution in [0, 0.1) is 11.8 Å². The smallest absolute Gasteiger partial charge is 0.192 e. The zero-order valence-corrected chi connectivity index (χ0v) is 67.0. The van der Waals surface area contributed by atoms with Crippen molar-refractivity contribution in [3.05, 3.63) is 36.5 Å². The zero-order chi connectivity index (χ0) is 67.6. The van der Waals surface area contributed by atoms with E-state index in [1.165, 1.54) is 0 Å². The third-order valence-electron chi connectivity index (χ3n) is 23.4. The average Bonchev–Trinajstić information content (AvgIpc) is 1.70. The Bertz CT molecular complexity index is 2370. The summed E-state index contributed by atoms with van der Waals surface area (Å²) in [6.45, 7) is 69.0. The molecule has 0 saturated carbocycles. The van der Waals surface area contributed by atoms with Crippen LogP contribution in [0.15, 0.2) is 36.5 Å². The molecule has 5 rings (SSSR count). The van der Waals surface area contributed by atoms with E-state index in [0.717, 1.165) is 36.8 Å². The monoisotopic (exact) mass is 1330 g/mol. The lowest BCUT2D eigenvalue weighted by molar-refractivity contribution is -0.186. The number of carbonyl (C=O) groups is 2. The summed E-state index contributed by atoms with van der Waals surface area (Å²) in [5.74, 6) is 0.0619. The molecule has 5 heterocycles. The summed E-state index contributed by atoms with van der Waals surface area (Å²) in [6, 6.07) is 0. The van der Waals surface area contributed by atoms with Crippen molar-refractivity contribution >= 4 is 53.2 Å². The number of rotatable bonds is 15. The minimum atomic E-state index is -2.61. The van der Waals surface area contributed by atoms with Crippen LogP contribution in [0.3, 0.4) is 0 Å². The predicted molar refractivity (Wildman–Crippen MR) is 378 cm³/mol. The second-order valence-electron chi connectivity index (χ2n) is 35.6. The maximum Gasteiger partial charge on any atom is 0.192 e. The highest BCUT2D eigenvalue weighted by atomic mass is 28.4. The second kappa shape index (κ2) is 30.3. The van der Waals surface area contributed by atoms with Gasteiger partial charge in [-0.05, 0) is 159 Å². The fourth-order valence-corrected chi connectivity index (χ4v) is 18.6. The number of fused-ring (bicyclic) bond motifs is 7. The van der Waals surface area contributed by atoms with Crippen molar-refractivity contribution in [2.75, 3.05) is 20.8 Å². The highest BCUT2D eigenvalue weighted by molar-refractivity contribution is 6.76. The molecule has 5 aliphatic heterocycles. The topological polar surface area (TPSA) is 136 Å². The van der Waals surface area contributed by atoms with Gasteiger partial charge >= 0.3 is 0 Å². The van der Waals surface area contributed by atoms with Crippen LogP contribution in [0.1, 0.15) is 194 Å². The maximum atomic E-state index is 15.4. The van der Waals surface area contributed by atoms with Crippen LogP contribution >= 0.6 is 0 Å². The van der Waals surface area contributed by atoms with Gasteiger partial charge in [-0.3, -0.25) is 9.59 Å². The van der Waals surface area contributed by atoms with Gasteiger partial charge in [0.25, 0.3) is 0 Å². The molecule has 13 nitrogen and oxygen atoms in total. The number of methoxy groups -OCH3 is 2. The molecule has 0 amide bonds. The van der Waals surface area contributed by atoms with Crippen LogP contribution in [0.4, 0.5) is 0 Å². The van der Waals surface area contributed by atoms with E-state index in [0.29, 0.717) is 51.6 Å². The minimum absolute atomic E-state index is 0.0155. The third kappa shape index (κ3) is 20.9. The van der Waals surface area contributed by atoms with Gasteiger partial charge in [-0.25, -0.2) is 0 Å². The van der Waals surface area contributed by atoms with Gasteiger partial charge in [0.1, 0.15) is 11.9 Å². The predicted octanol–water partition coefficient (Wildman–Crippen LogP) is 17.8. The first-order chi connectivity index (χ1) is 40.4. The Labute approximate surface area is 549 Å². The van der Waals surface area contributed by atoms with E-state index in [1.807, 2.05) is 6.08 Å². The summed E-state index contributed by atoms with van der Waals surface area (Å²) in [5.41, 5.74) is 2.13. The largest absolute Gasteiger partial charge is 0.414 e. The average molecular weight is 1340 g/mol. The molecule has 0 spiro atoms. The first kappa shape index (κ1) is 78.9. The Hall–Kier alpha value is -0.796. The van der Waals surface area contributed by atoms with E-state index in [1.54, 1.807) is 20.3 Å². The van der Waals surface area contributed by atoms with Gasteiger partial charge in [0, 0.05) is 58.7 Å². The van der Waals surface area contributed by atoms with E-state index in [2.05, 4.69) is 189 Å². The van der Waals surface area contributed by atoms with Crippen LogP contribution in [-0.2, 0) is 60.1 Å². The molecule has 4 fully saturated rings. The number of ketones is 2. The number of Topliss-reactive ketones (excluding diaryl/α,β-unsaturated/α-hetero) is 1. The van der Waals surface area contributed by atoms with Gasteiger partial charge in [-0.1, -0.05) is 130 Å². The number of hydrogen-bond acceptors (Lipinski definition) is 13. The Kier molecular flexibility index (Phi) is 26.9. The van der Waals surface area contributed by atoms with E-state index in [9.17, 15) is 4.79 Å². The number of carbonyl (C=O) groups excluding carboxylic acids is 2. The molecule has 89 heavy (non-hydrogen) atoms. The lowest BCUT2D eigenvalue weighted by Crippen LogP contribution is -2.60. The molecule has 18 heteroatoms. The molecule has 6 bridgehead atoms. The van der Waals surface area contributed by atoms with Crippen LogP contribution < -0.4 is 0 Å². The second-order valence-corrected chi connectivity index (χ2v) is 59.4. The molecule has 0 aliphatic carbocycles. The molecule has 16 atom stereocenters. The van der Waals surface area contributed by atoms with Crippen molar-refractivity contribution in [3.63, 3.8) is 0 Å². The first-order valence-corrected chi connectivity index (χ1v) is 49.1. The molecule has 0 aromatic heterocycles. The Morgan fingerprint density at radius 3 is 1.65 bits per heavy atom. The van der Waals surface area contributed by atoms with Gasteiger partial charge < -0.3 is 50.6 Å². The molecule has 0 aromatic carbocycles. The number of ether oxygens (including phenoxy) is 6. The van der Waals surface area contributed by atoms with Crippen molar-refractivity contribution < 1.29 is 60.1 Å². The van der Waals surface area contributed by atoms with Crippen LogP contribution in [-0.4, -0.2) is 159 Å². The quantitative estimate of drug-likeness (QED) is 0.114. The summed E-state index contributed by atoms with van der Waals surface area (Å²) in [5, 5.41) is -0.463. The van der Waals surface area contributed by atoms with Crippen LogP contribution in [0.2, 0.25) is 90.7 Å². The lowest BCUT2D eigenvalue weighted by Gasteiger charge is -2.50. The molecule has 516 valence electrons. The third-order valence-corrected chi connectivity index (χ3v) is 45.9. The zero-order valence-electron chi connectivity index (χ0n) is 62.0. The molecule has 9 unspecified atom stereocenters. The maximum absolute atomic E-state index is 15.4. The van der Waals surface area contributed by atoms with Gasteiger partial charge in [-0.2, -0.15) is 0 Å². The van der Waals surface area contributed by atoms with E-state index < -0.39 is 78.2 Å². The van der Waals surface area contributed by atoms with E-state index >= 15 is 4.79 Å². The molecule has 0 radical (unpaired) electrons. The van der Waals surface area contributed by atoms with Crippen molar-refractivity contribution in [3.8, 4) is 0 Å². The summed E-state index contributed by atoms with van der Waals surface area (Å²) in [6.07, 6.45) is 6.22. The van der Waals surface area contributed by atoms with Crippen molar-refractivity contribution in [2.24, 2.45) is 11.8 Å². The Morgan fingerprint density at radius 1 is 0.551 bits per heavy atom. The summed E-state index contributed by atoms with van der Waals surface area (Å²) >= 11 is 0. The Morgan fingerprint density at radius 2 is 1.09 bits per heavy atom. The van der Waals surface area contributed by atoms with Gasteiger partial charge in [0.2, 0.25) is 0 Å². The van der Waals surface area contributed by atoms with E-state index in [-0.39, 0.29) is 110 Å². The van der Waals surface area contributed by atoms with Gasteiger partial charge in [-0.15, -0.1) is 0 Å². The highest BCUT2D eigenvalue weighted by Gasteiger charge is 2.54. The number of hydrogen-bond donors (Lipinski definition) is 0. The normalized spacial score (nSPS) is 33.1. The van der Waals surface area contributed by atoms with Crippen molar-refractivity contribution in [2.45, 2.75) is 370 Å². The molecule has 5 aliphatic rings. The molecule has 4 saturated heterocycles. The van der Waals surface area contributed by atoms with Crippen molar-refractivity contribution in [1.29, 1.82) is 0 Å². The first-order valence-electron chi connectivity index (χ1n) is 34.5. The summed E-state index contributed by atoms with van der Waals surface area (Å²) in [7, 11) is -8.59. The van der Waals surface area contributed by atoms with Gasteiger partial charge in [0.05, 0.1) is 86.0 Å². The standard InChI is InChI=1S/C71H134O13Si5/c1-47-39-53-35-37-58-48(2)40-52(77-58)33-31-50(72)32-34-55(81-86(23,24)68(7,8)9)43-63(83-88(27,28)70(13,14)15)66(84-89(29,30)71(16,17)18)65-59(74-19)38-36-54(79-65)41-51(73)42-57-61(45-60(78-53)49(47)3)80-62(64(57)75-20)44-56(82-87(25,26)69(10,11)12)46-76-85(21,22)67(4,5)6/h32,34,47,52-66H,2-3,31,33,35-46H2,1,4-30H3/b34-32+/t47-,52?,53+,54?,55?,56?,57+,58?,59+,60?,61+,62?,63?,64-,65+,66?/m1/s1.